The zero-order chi connectivity index (χ0) is 26.4. The second-order valence-electron chi connectivity index (χ2n) is 10.1. The third-order valence-corrected chi connectivity index (χ3v) is 6.24. The fraction of sp³-hybridized carbons (Fsp3) is 0.452. The average Bonchev–Trinajstić information content (AvgIpc) is 2.83. The number of benzene rings is 2. The number of carbonyl (C=O) groups excluding carboxylic acids is 1. The smallest absolute Gasteiger partial charge is 0.275 e. The highest BCUT2D eigenvalue weighted by molar-refractivity contribution is 5.77. The molecule has 0 unspecified atom stereocenters. The van der Waals surface area contributed by atoms with E-state index in [0.717, 1.165) is 86.0 Å². The molecule has 2 N–H and O–H groups in total. The average molecular weight is 574 g/mol. The molecule has 0 spiro atoms. The van der Waals surface area contributed by atoms with Gasteiger partial charge in [0.2, 0.25) is 0 Å². The summed E-state index contributed by atoms with van der Waals surface area (Å²) < 4.78 is 6.87. The number of rotatable bonds is 17. The van der Waals surface area contributed by atoms with Gasteiger partial charge in [0.05, 0.1) is 27.2 Å². The number of quaternary nitrogens is 1. The zero-order valence-corrected chi connectivity index (χ0v) is 24.5. The molecule has 0 atom stereocenters. The Morgan fingerprint density at radius 3 is 2.27 bits per heavy atom. The number of amides is 1. The molecule has 0 fully saturated rings. The summed E-state index contributed by atoms with van der Waals surface area (Å²) in [5, 5.41) is 13.7. The van der Waals surface area contributed by atoms with Crippen molar-refractivity contribution in [2.45, 2.75) is 51.9 Å². The van der Waals surface area contributed by atoms with Gasteiger partial charge in [0.1, 0.15) is 11.5 Å². The van der Waals surface area contributed by atoms with Gasteiger partial charge in [-0.15, -0.1) is 13.2 Å². The summed E-state index contributed by atoms with van der Waals surface area (Å²) in [4.78, 5) is 12.3. The first-order valence-electron chi connectivity index (χ1n) is 13.2. The van der Waals surface area contributed by atoms with Crippen LogP contribution in [0.25, 0.3) is 11.1 Å². The first kappa shape index (κ1) is 32.5. The van der Waals surface area contributed by atoms with E-state index >= 15 is 0 Å². The van der Waals surface area contributed by atoms with E-state index in [-0.39, 0.29) is 28.6 Å². The molecular formula is C31H45BrN2O3. The molecule has 2 aromatic carbocycles. The summed E-state index contributed by atoms with van der Waals surface area (Å²) >= 11 is 0. The third-order valence-electron chi connectivity index (χ3n) is 6.24. The van der Waals surface area contributed by atoms with Crippen LogP contribution in [0.2, 0.25) is 0 Å². The molecule has 0 saturated heterocycles. The Balaban J connectivity index is 0.00000684. The highest BCUT2D eigenvalue weighted by atomic mass is 79.9. The number of aromatic hydroxyl groups is 1. The minimum atomic E-state index is 0. The van der Waals surface area contributed by atoms with Gasteiger partial charge in [0.25, 0.3) is 5.91 Å². The number of halogens is 1. The topological polar surface area (TPSA) is 58.6 Å². The van der Waals surface area contributed by atoms with Gasteiger partial charge in [-0.1, -0.05) is 44.1 Å². The van der Waals surface area contributed by atoms with Crippen LogP contribution in [-0.2, 0) is 17.6 Å². The normalized spacial score (nSPS) is 10.9. The van der Waals surface area contributed by atoms with E-state index in [1.54, 1.807) is 6.07 Å². The van der Waals surface area contributed by atoms with Crippen LogP contribution in [0.5, 0.6) is 11.5 Å². The standard InChI is InChI=1S/C31H44N2O3.BrH/c1-6-9-10-19-32-31(35)24-33(4,5)20-11-12-21-36-30-18-16-26(14-8-3)23-28(30)27-22-25(13-7-2)15-17-29(27)34;/h7-8,15-18,22-23H,2-3,6,9-14,19-21,24H2,1,4-5H3,(H-,32,34,35);1H. The number of phenolic OH excluding ortho intramolecular Hbond substituents is 1. The van der Waals surface area contributed by atoms with Crippen molar-refractivity contribution in [2.24, 2.45) is 0 Å². The lowest BCUT2D eigenvalue weighted by atomic mass is 9.97. The molecule has 6 heteroatoms. The quantitative estimate of drug-likeness (QED) is 0.174. The summed E-state index contributed by atoms with van der Waals surface area (Å²) in [5.41, 5.74) is 3.85. The van der Waals surface area contributed by atoms with Crippen LogP contribution < -0.4 is 27.0 Å². The van der Waals surface area contributed by atoms with E-state index in [1.165, 1.54) is 0 Å². The van der Waals surface area contributed by atoms with Crippen LogP contribution in [-0.4, -0.2) is 55.8 Å². The van der Waals surface area contributed by atoms with Crippen molar-refractivity contribution < 1.29 is 36.1 Å². The second kappa shape index (κ2) is 17.0. The molecule has 2 aromatic rings. The van der Waals surface area contributed by atoms with Crippen molar-refractivity contribution in [2.75, 3.05) is 40.3 Å². The molecule has 0 aliphatic carbocycles. The molecule has 5 nitrogen and oxygen atoms in total. The molecule has 0 bridgehead atoms. The van der Waals surface area contributed by atoms with Gasteiger partial charge in [-0.25, -0.2) is 0 Å². The van der Waals surface area contributed by atoms with Crippen molar-refractivity contribution >= 4 is 5.91 Å². The van der Waals surface area contributed by atoms with Crippen molar-refractivity contribution in [1.29, 1.82) is 0 Å². The van der Waals surface area contributed by atoms with Gasteiger partial charge < -0.3 is 36.6 Å². The summed E-state index contributed by atoms with van der Waals surface area (Å²) in [6, 6.07) is 11.8. The van der Waals surface area contributed by atoms with E-state index in [2.05, 4.69) is 45.6 Å². The zero-order valence-electron chi connectivity index (χ0n) is 22.9. The number of carbonyl (C=O) groups is 1. The predicted molar refractivity (Wildman–Crippen MR) is 150 cm³/mol. The van der Waals surface area contributed by atoms with Crippen LogP contribution in [0.15, 0.2) is 61.7 Å². The van der Waals surface area contributed by atoms with Crippen molar-refractivity contribution in [3.8, 4) is 22.6 Å². The Morgan fingerprint density at radius 2 is 1.62 bits per heavy atom. The molecule has 0 aliphatic rings. The first-order chi connectivity index (χ1) is 17.3. The molecule has 0 heterocycles. The number of allylic oxidation sites excluding steroid dienone is 2. The highest BCUT2D eigenvalue weighted by Gasteiger charge is 2.19. The number of likely N-dealkylation sites (N-methyl/N-ethyl adjacent to an activating group) is 1. The Morgan fingerprint density at radius 1 is 0.973 bits per heavy atom. The minimum absolute atomic E-state index is 0. The highest BCUT2D eigenvalue weighted by Crippen LogP contribution is 2.37. The number of unbranched alkanes of at least 4 members (excludes halogenated alkanes) is 3. The lowest BCUT2D eigenvalue weighted by Gasteiger charge is -2.29. The van der Waals surface area contributed by atoms with E-state index in [0.29, 0.717) is 17.6 Å². The number of nitrogens with one attached hydrogen (secondary N) is 1. The molecule has 2 rings (SSSR count). The Bertz CT molecular complexity index is 1000. The van der Waals surface area contributed by atoms with E-state index in [9.17, 15) is 9.90 Å². The van der Waals surface area contributed by atoms with E-state index in [4.69, 9.17) is 4.74 Å². The third kappa shape index (κ3) is 11.6. The molecule has 204 valence electrons. The molecular weight excluding hydrogens is 528 g/mol. The summed E-state index contributed by atoms with van der Waals surface area (Å²) in [7, 11) is 4.20. The number of ether oxygens (including phenoxy) is 1. The minimum Gasteiger partial charge on any atom is -1.00 e. The Hall–Kier alpha value is -2.57. The van der Waals surface area contributed by atoms with Gasteiger partial charge in [-0.05, 0) is 67.5 Å². The van der Waals surface area contributed by atoms with Crippen LogP contribution in [0.1, 0.15) is 50.2 Å². The molecule has 37 heavy (non-hydrogen) atoms. The van der Waals surface area contributed by atoms with E-state index in [1.807, 2.05) is 36.4 Å². The lowest BCUT2D eigenvalue weighted by molar-refractivity contribution is -0.882. The monoisotopic (exact) mass is 572 g/mol. The number of hydrogen-bond acceptors (Lipinski definition) is 3. The van der Waals surface area contributed by atoms with Gasteiger partial charge in [-0.2, -0.15) is 0 Å². The van der Waals surface area contributed by atoms with E-state index < -0.39 is 0 Å². The van der Waals surface area contributed by atoms with Crippen molar-refractivity contribution in [3.63, 3.8) is 0 Å². The summed E-state index contributed by atoms with van der Waals surface area (Å²) in [6.07, 6.45) is 10.4. The van der Waals surface area contributed by atoms with Crippen molar-refractivity contribution in [3.05, 3.63) is 72.8 Å². The maximum absolute atomic E-state index is 12.3. The number of hydrogen-bond donors (Lipinski definition) is 2. The molecule has 0 radical (unpaired) electrons. The van der Waals surface area contributed by atoms with Crippen LogP contribution in [0.3, 0.4) is 0 Å². The molecule has 0 aliphatic heterocycles. The fourth-order valence-corrected chi connectivity index (χ4v) is 4.25. The SMILES string of the molecule is C=CCc1ccc(O)c(-c2cc(CC=C)ccc2OCCCC[N+](C)(C)CC(=O)NCCCCC)c1.[Br-]. The van der Waals surface area contributed by atoms with Crippen molar-refractivity contribution in [1.82, 2.24) is 5.32 Å². The van der Waals surface area contributed by atoms with Crippen LogP contribution in [0, 0.1) is 0 Å². The number of nitrogens with zero attached hydrogens (tertiary/aromatic N) is 1. The maximum Gasteiger partial charge on any atom is 0.275 e. The number of phenols is 1. The lowest BCUT2D eigenvalue weighted by Crippen LogP contribution is -3.00. The fourth-order valence-electron chi connectivity index (χ4n) is 4.25. The van der Waals surface area contributed by atoms with Crippen LogP contribution >= 0.6 is 0 Å². The Kier molecular flexibility index (Phi) is 14.9. The summed E-state index contributed by atoms with van der Waals surface area (Å²) in [5.74, 6) is 1.11. The Labute approximate surface area is 234 Å². The molecule has 0 saturated carbocycles. The molecule has 1 amide bonds. The van der Waals surface area contributed by atoms with Gasteiger partial charge >= 0.3 is 0 Å². The van der Waals surface area contributed by atoms with Gasteiger partial charge in [0.15, 0.2) is 6.54 Å². The molecule has 0 aromatic heterocycles. The first-order valence-corrected chi connectivity index (χ1v) is 13.2. The van der Waals surface area contributed by atoms with Crippen LogP contribution in [0.4, 0.5) is 0 Å². The summed E-state index contributed by atoms with van der Waals surface area (Å²) in [6.45, 7) is 12.6. The maximum atomic E-state index is 12.3. The van der Waals surface area contributed by atoms with Gasteiger partial charge in [0, 0.05) is 17.7 Å². The largest absolute Gasteiger partial charge is 1.00 e. The second-order valence-corrected chi connectivity index (χ2v) is 10.1. The predicted octanol–water partition coefficient (Wildman–Crippen LogP) is 3.06. The van der Waals surface area contributed by atoms with Gasteiger partial charge in [-0.3, -0.25) is 4.79 Å².